The van der Waals surface area contributed by atoms with Crippen molar-refractivity contribution in [3.05, 3.63) is 82.7 Å². The number of halogens is 5. The molecule has 174 valence electrons. The fourth-order valence-corrected chi connectivity index (χ4v) is 8.30. The Balaban J connectivity index is 2.94. The van der Waals surface area contributed by atoms with Crippen LogP contribution < -0.4 is 10.8 Å². The molecule has 0 aliphatic heterocycles. The zero-order valence-electron chi connectivity index (χ0n) is 19.8. The van der Waals surface area contributed by atoms with Gasteiger partial charge in [-0.15, -0.1) is 0 Å². The van der Waals surface area contributed by atoms with Gasteiger partial charge in [-0.2, -0.15) is 0 Å². The fraction of sp³-hybridized carbons (Fsp3) is 0.360. The van der Waals surface area contributed by atoms with Gasteiger partial charge in [-0.1, -0.05) is 79.4 Å². The van der Waals surface area contributed by atoms with Crippen LogP contribution in [0.1, 0.15) is 76.0 Å². The SMILES string of the molecule is C=C[P+]([BH2-]c1c(F)c(F)c(F)c(F)c1F)(C=C)c1c(C(C)C)cc(C(C)C)cc1C(C)C. The molecule has 0 amide bonds. The first-order valence-corrected chi connectivity index (χ1v) is 13.3. The summed E-state index contributed by atoms with van der Waals surface area (Å²) in [6.07, 6.45) is 0. The predicted molar refractivity (Wildman–Crippen MR) is 130 cm³/mol. The second-order valence-corrected chi connectivity index (χ2v) is 13.4. The largest absolute Gasteiger partial charge is 0.207 e. The van der Waals surface area contributed by atoms with Crippen molar-refractivity contribution in [2.45, 2.75) is 59.3 Å². The molecular weight excluding hydrogens is 437 g/mol. The second-order valence-electron chi connectivity index (χ2n) is 9.44. The van der Waals surface area contributed by atoms with E-state index >= 15 is 0 Å². The molecule has 0 aliphatic rings. The van der Waals surface area contributed by atoms with Crippen LogP contribution >= 0.6 is 7.14 Å². The topological polar surface area (TPSA) is 0 Å². The number of hydrogen-bond donors (Lipinski definition) is 0. The normalized spacial score (nSPS) is 12.2. The van der Waals surface area contributed by atoms with Gasteiger partial charge in [0.15, 0.2) is 24.5 Å². The minimum Gasteiger partial charge on any atom is -0.207 e. The van der Waals surface area contributed by atoms with Gasteiger partial charge in [0, 0.05) is 11.6 Å². The predicted octanol–water partition coefficient (Wildman–Crippen LogP) is 7.09. The minimum absolute atomic E-state index is 0.0865. The number of rotatable bonds is 8. The molecule has 0 saturated heterocycles. The van der Waals surface area contributed by atoms with Gasteiger partial charge in [0.1, 0.15) is 11.6 Å². The van der Waals surface area contributed by atoms with E-state index < -0.39 is 48.7 Å². The van der Waals surface area contributed by atoms with Gasteiger partial charge in [-0.25, -0.2) is 22.0 Å². The van der Waals surface area contributed by atoms with Crippen LogP contribution in [-0.4, -0.2) is 7.00 Å². The molecular formula is C25H31BF5P. The zero-order chi connectivity index (χ0) is 24.5. The van der Waals surface area contributed by atoms with Gasteiger partial charge in [-0.05, 0) is 34.4 Å². The maximum Gasteiger partial charge on any atom is 0.200 e. The summed E-state index contributed by atoms with van der Waals surface area (Å²) in [5.41, 5.74) is 2.47. The summed E-state index contributed by atoms with van der Waals surface area (Å²) in [4.78, 5) is 0. The van der Waals surface area contributed by atoms with Gasteiger partial charge in [-0.3, -0.25) is 0 Å². The molecule has 0 heterocycles. The number of hydrogen-bond acceptors (Lipinski definition) is 0. The molecule has 0 atom stereocenters. The zero-order valence-corrected chi connectivity index (χ0v) is 20.7. The van der Waals surface area contributed by atoms with E-state index in [1.54, 1.807) is 11.6 Å². The van der Waals surface area contributed by atoms with E-state index in [9.17, 15) is 22.0 Å². The molecule has 2 aromatic carbocycles. The molecule has 0 spiro atoms. The van der Waals surface area contributed by atoms with Crippen LogP contribution in [0.4, 0.5) is 22.0 Å². The highest BCUT2D eigenvalue weighted by Gasteiger charge is 2.38. The minimum atomic E-state index is -2.66. The van der Waals surface area contributed by atoms with Crippen LogP contribution in [0.25, 0.3) is 0 Å². The molecule has 7 heteroatoms. The Hall–Kier alpha value is -1.94. The van der Waals surface area contributed by atoms with Crippen molar-refractivity contribution in [1.82, 2.24) is 0 Å². The molecule has 32 heavy (non-hydrogen) atoms. The third-order valence-corrected chi connectivity index (χ3v) is 10.5. The summed E-state index contributed by atoms with van der Waals surface area (Å²) in [5, 5.41) is 0.917. The molecule has 0 aliphatic carbocycles. The summed E-state index contributed by atoms with van der Waals surface area (Å²) in [6, 6.07) is 4.20. The lowest BCUT2D eigenvalue weighted by Gasteiger charge is -2.34. The van der Waals surface area contributed by atoms with Crippen LogP contribution in [-0.2, 0) is 0 Å². The summed E-state index contributed by atoms with van der Waals surface area (Å²) in [7, 11) is -2.66. The van der Waals surface area contributed by atoms with Gasteiger partial charge < -0.3 is 0 Å². The lowest BCUT2D eigenvalue weighted by Crippen LogP contribution is -2.34. The Morgan fingerprint density at radius 3 is 1.38 bits per heavy atom. The van der Waals surface area contributed by atoms with Crippen molar-refractivity contribution in [3.63, 3.8) is 0 Å². The lowest BCUT2D eigenvalue weighted by molar-refractivity contribution is 0.384. The summed E-state index contributed by atoms with van der Waals surface area (Å²) >= 11 is 0. The first-order chi connectivity index (χ1) is 14.8. The van der Waals surface area contributed by atoms with E-state index in [2.05, 4.69) is 39.1 Å². The van der Waals surface area contributed by atoms with Crippen molar-refractivity contribution in [3.8, 4) is 0 Å². The van der Waals surface area contributed by atoms with Crippen LogP contribution in [0.2, 0.25) is 0 Å². The molecule has 0 aromatic heterocycles. The average molecular weight is 468 g/mol. The van der Waals surface area contributed by atoms with Crippen LogP contribution in [0, 0.1) is 29.1 Å². The van der Waals surface area contributed by atoms with E-state index in [0.29, 0.717) is 0 Å². The highest BCUT2D eigenvalue weighted by molar-refractivity contribution is 8.11. The Bertz CT molecular complexity index is 977. The quantitative estimate of drug-likeness (QED) is 0.128. The summed E-state index contributed by atoms with van der Waals surface area (Å²) in [6.45, 7) is 18.3. The number of benzene rings is 2. The average Bonchev–Trinajstić information content (AvgIpc) is 2.76. The molecule has 0 unspecified atom stereocenters. The third kappa shape index (κ3) is 4.57. The first-order valence-electron chi connectivity index (χ1n) is 10.9. The molecule has 0 nitrogen and oxygen atoms in total. The van der Waals surface area contributed by atoms with E-state index in [-0.39, 0.29) is 17.8 Å². The Labute approximate surface area is 189 Å². The summed E-state index contributed by atoms with van der Waals surface area (Å²) < 4.78 is 70.9. The molecule has 2 aromatic rings. The molecule has 0 radical (unpaired) electrons. The van der Waals surface area contributed by atoms with Gasteiger partial charge in [0.25, 0.3) is 0 Å². The molecule has 0 N–H and O–H groups in total. The van der Waals surface area contributed by atoms with E-state index in [4.69, 9.17) is 0 Å². The Kier molecular flexibility index (Phi) is 8.15. The highest BCUT2D eigenvalue weighted by Crippen LogP contribution is 2.61. The van der Waals surface area contributed by atoms with Crippen LogP contribution in [0.3, 0.4) is 0 Å². The van der Waals surface area contributed by atoms with Gasteiger partial charge >= 0.3 is 0 Å². The first kappa shape index (κ1) is 26.3. The smallest absolute Gasteiger partial charge is 0.200 e. The van der Waals surface area contributed by atoms with E-state index in [1.165, 1.54) is 0 Å². The monoisotopic (exact) mass is 468 g/mol. The van der Waals surface area contributed by atoms with Crippen molar-refractivity contribution in [2.75, 3.05) is 0 Å². The van der Waals surface area contributed by atoms with E-state index in [0.717, 1.165) is 22.0 Å². The van der Waals surface area contributed by atoms with E-state index in [1.807, 2.05) is 27.7 Å². The van der Waals surface area contributed by atoms with Crippen LogP contribution in [0.15, 0.2) is 36.9 Å². The standard InChI is InChI=1S/C25H31BF5P/c1-9-32(10-2,26-19-20(27)22(29)24(31)23(30)21(19)28)25-17(14(5)6)11-16(13(3)4)12-18(25)15(7)8/h9-15H,1-2,26H2,3-8H3. The highest BCUT2D eigenvalue weighted by atomic mass is 31.2. The maximum atomic E-state index is 14.7. The molecule has 0 bridgehead atoms. The van der Waals surface area contributed by atoms with Gasteiger partial charge in [0.2, 0.25) is 0 Å². The summed E-state index contributed by atoms with van der Waals surface area (Å²) in [5.74, 6) is -5.69. The molecule has 0 saturated carbocycles. The lowest BCUT2D eigenvalue weighted by atomic mass is 9.89. The van der Waals surface area contributed by atoms with Crippen molar-refractivity contribution < 1.29 is 22.0 Å². The Morgan fingerprint density at radius 2 is 1.06 bits per heavy atom. The maximum absolute atomic E-state index is 14.7. The molecule has 2 rings (SSSR count). The van der Waals surface area contributed by atoms with Crippen LogP contribution in [0.5, 0.6) is 0 Å². The van der Waals surface area contributed by atoms with Gasteiger partial charge in [0.05, 0.1) is 5.30 Å². The van der Waals surface area contributed by atoms with Crippen molar-refractivity contribution in [2.24, 2.45) is 0 Å². The Morgan fingerprint density at radius 1 is 0.688 bits per heavy atom. The fourth-order valence-electron chi connectivity index (χ4n) is 4.31. The van der Waals surface area contributed by atoms with Crippen molar-refractivity contribution in [1.29, 1.82) is 0 Å². The van der Waals surface area contributed by atoms with Crippen molar-refractivity contribution >= 4 is 24.9 Å². The molecule has 0 fully saturated rings. The third-order valence-electron chi connectivity index (χ3n) is 6.37. The second kappa shape index (κ2) is 9.91.